The van der Waals surface area contributed by atoms with E-state index in [0.717, 1.165) is 13.1 Å². The molecule has 39 heavy (non-hydrogen) atoms. The van der Waals surface area contributed by atoms with E-state index in [9.17, 15) is 27.5 Å². The second kappa shape index (κ2) is 12.4. The van der Waals surface area contributed by atoms with Gasteiger partial charge in [-0.3, -0.25) is 14.6 Å². The van der Waals surface area contributed by atoms with E-state index in [2.05, 4.69) is 4.90 Å². The Hall–Kier alpha value is -2.49. The summed E-state index contributed by atoms with van der Waals surface area (Å²) in [7, 11) is 0. The van der Waals surface area contributed by atoms with Crippen LogP contribution in [0, 0.1) is 18.7 Å². The summed E-state index contributed by atoms with van der Waals surface area (Å²) in [6, 6.07) is 9.38. The Morgan fingerprint density at radius 2 is 1.85 bits per heavy atom. The molecular weight excluding hydrogens is 510 g/mol. The standard InChI is InChI=1S/C30H39F4N3O2/c1-4-35(5-2)15-16-36-19-25(29(39)21-9-6-10-22(38)17-21)24(23-11-7-12-26(31)20(23)3)18-28(36)37-14-8-13-27(37)30(32,33)34/h6-7,9-12,17,24-25,27-28,38H,4-5,8,13-16,18-19H2,1-3H3/t24-,25-,27-,28+/m0/s1. The molecule has 4 atom stereocenters. The van der Waals surface area contributed by atoms with Crippen LogP contribution >= 0.6 is 0 Å². The van der Waals surface area contributed by atoms with Crippen molar-refractivity contribution in [2.75, 3.05) is 39.3 Å². The molecule has 0 radical (unpaired) electrons. The van der Waals surface area contributed by atoms with Crippen LogP contribution in [0.5, 0.6) is 5.75 Å². The average Bonchev–Trinajstić information content (AvgIpc) is 3.41. The van der Waals surface area contributed by atoms with E-state index in [-0.39, 0.29) is 30.9 Å². The molecule has 0 spiro atoms. The summed E-state index contributed by atoms with van der Waals surface area (Å²) in [4.78, 5) is 19.8. The van der Waals surface area contributed by atoms with Gasteiger partial charge in [-0.15, -0.1) is 0 Å². The van der Waals surface area contributed by atoms with Crippen LogP contribution in [0.1, 0.15) is 60.5 Å². The molecule has 0 unspecified atom stereocenters. The molecule has 2 aromatic rings. The molecule has 9 heteroatoms. The van der Waals surface area contributed by atoms with Gasteiger partial charge < -0.3 is 10.0 Å². The molecule has 0 aliphatic carbocycles. The molecule has 1 N–H and O–H groups in total. The summed E-state index contributed by atoms with van der Waals surface area (Å²) >= 11 is 0. The molecule has 5 nitrogen and oxygen atoms in total. The molecule has 0 saturated carbocycles. The van der Waals surface area contributed by atoms with Crippen molar-refractivity contribution in [2.45, 2.75) is 64.3 Å². The first-order valence-electron chi connectivity index (χ1n) is 13.9. The number of hydrogen-bond acceptors (Lipinski definition) is 5. The number of nitrogens with zero attached hydrogens (tertiary/aromatic N) is 3. The lowest BCUT2D eigenvalue weighted by molar-refractivity contribution is -0.192. The highest BCUT2D eigenvalue weighted by molar-refractivity contribution is 5.99. The number of alkyl halides is 3. The summed E-state index contributed by atoms with van der Waals surface area (Å²) < 4.78 is 57.1. The van der Waals surface area contributed by atoms with E-state index in [1.807, 2.05) is 18.7 Å². The lowest BCUT2D eigenvalue weighted by Gasteiger charge is -2.49. The number of aromatic hydroxyl groups is 1. The number of carbonyl (C=O) groups is 1. The number of ketones is 1. The van der Waals surface area contributed by atoms with Gasteiger partial charge in [-0.25, -0.2) is 4.39 Å². The van der Waals surface area contributed by atoms with Gasteiger partial charge in [0.2, 0.25) is 0 Å². The van der Waals surface area contributed by atoms with Crippen LogP contribution in [0.3, 0.4) is 0 Å². The molecular formula is C30H39F4N3O2. The van der Waals surface area contributed by atoms with E-state index < -0.39 is 36.0 Å². The topological polar surface area (TPSA) is 47.0 Å². The minimum absolute atomic E-state index is 0.0310. The molecule has 214 valence electrons. The van der Waals surface area contributed by atoms with Crippen molar-refractivity contribution < 1.29 is 27.5 Å². The number of phenolic OH excluding ortho intramolecular Hbond substituents is 1. The SMILES string of the molecule is CCN(CC)CCN1C[C@H](C(=O)c2cccc(O)c2)[C@H](c2cccc(F)c2C)C[C@H]1N1CCC[C@H]1C(F)(F)F. The van der Waals surface area contributed by atoms with Crippen LogP contribution in [0.2, 0.25) is 0 Å². The largest absolute Gasteiger partial charge is 0.508 e. The predicted octanol–water partition coefficient (Wildman–Crippen LogP) is 5.82. The normalized spacial score (nSPS) is 24.9. The third-order valence-corrected chi connectivity index (χ3v) is 8.63. The van der Waals surface area contributed by atoms with Gasteiger partial charge in [-0.1, -0.05) is 38.1 Å². The number of phenols is 1. The quantitative estimate of drug-likeness (QED) is 0.316. The molecule has 4 rings (SSSR count). The Morgan fingerprint density at radius 3 is 2.51 bits per heavy atom. The van der Waals surface area contributed by atoms with Gasteiger partial charge in [0.15, 0.2) is 5.78 Å². The number of Topliss-reactive ketones (excluding diaryl/α,β-unsaturated/α-hetero) is 1. The maximum atomic E-state index is 14.7. The summed E-state index contributed by atoms with van der Waals surface area (Å²) in [5.74, 6) is -1.70. The maximum absolute atomic E-state index is 14.7. The Kier molecular flexibility index (Phi) is 9.34. The van der Waals surface area contributed by atoms with Crippen molar-refractivity contribution in [2.24, 2.45) is 5.92 Å². The first kappa shape index (κ1) is 29.5. The van der Waals surface area contributed by atoms with Crippen molar-refractivity contribution in [3.63, 3.8) is 0 Å². The van der Waals surface area contributed by atoms with E-state index >= 15 is 0 Å². The van der Waals surface area contributed by atoms with E-state index in [4.69, 9.17) is 0 Å². The monoisotopic (exact) mass is 549 g/mol. The number of piperidine rings is 1. The van der Waals surface area contributed by atoms with Gasteiger partial charge in [-0.2, -0.15) is 13.2 Å². The summed E-state index contributed by atoms with van der Waals surface area (Å²) in [5, 5.41) is 10.0. The predicted molar refractivity (Wildman–Crippen MR) is 143 cm³/mol. The highest BCUT2D eigenvalue weighted by atomic mass is 19.4. The highest BCUT2D eigenvalue weighted by Gasteiger charge is 2.51. The lowest BCUT2D eigenvalue weighted by atomic mass is 9.74. The molecule has 2 saturated heterocycles. The molecule has 0 bridgehead atoms. The van der Waals surface area contributed by atoms with Crippen molar-refractivity contribution in [1.29, 1.82) is 0 Å². The number of hydrogen-bond donors (Lipinski definition) is 1. The summed E-state index contributed by atoms with van der Waals surface area (Å²) in [5.41, 5.74) is 1.42. The second-order valence-corrected chi connectivity index (χ2v) is 10.8. The first-order valence-corrected chi connectivity index (χ1v) is 13.9. The Balaban J connectivity index is 1.76. The smallest absolute Gasteiger partial charge is 0.404 e. The molecule has 0 aromatic heterocycles. The highest BCUT2D eigenvalue weighted by Crippen LogP contribution is 2.44. The minimum atomic E-state index is -4.35. The third kappa shape index (κ3) is 6.47. The van der Waals surface area contributed by atoms with Crippen LogP contribution < -0.4 is 0 Å². The number of rotatable bonds is 9. The minimum Gasteiger partial charge on any atom is -0.508 e. The van der Waals surface area contributed by atoms with Crippen molar-refractivity contribution in [3.05, 3.63) is 65.0 Å². The Bertz CT molecular complexity index is 1140. The maximum Gasteiger partial charge on any atom is 0.404 e. The van der Waals surface area contributed by atoms with Crippen LogP contribution in [-0.2, 0) is 0 Å². The molecule has 0 amide bonds. The summed E-state index contributed by atoms with van der Waals surface area (Å²) in [6.45, 7) is 9.18. The van der Waals surface area contributed by atoms with Crippen molar-refractivity contribution >= 4 is 5.78 Å². The van der Waals surface area contributed by atoms with Gasteiger partial charge in [0.05, 0.1) is 6.17 Å². The van der Waals surface area contributed by atoms with Crippen LogP contribution in [0.25, 0.3) is 0 Å². The lowest BCUT2D eigenvalue weighted by Crippen LogP contribution is -2.60. The van der Waals surface area contributed by atoms with Gasteiger partial charge in [0, 0.05) is 37.7 Å². The fraction of sp³-hybridized carbons (Fsp3) is 0.567. The number of likely N-dealkylation sites (tertiary alicyclic amines) is 2. The molecule has 2 aliphatic rings. The molecule has 2 aromatic carbocycles. The zero-order valence-corrected chi connectivity index (χ0v) is 22.9. The summed E-state index contributed by atoms with van der Waals surface area (Å²) in [6.07, 6.45) is -4.08. The third-order valence-electron chi connectivity index (χ3n) is 8.63. The van der Waals surface area contributed by atoms with E-state index in [0.29, 0.717) is 42.7 Å². The van der Waals surface area contributed by atoms with Crippen LogP contribution in [0.15, 0.2) is 42.5 Å². The molecule has 2 heterocycles. The number of carbonyl (C=O) groups excluding carboxylic acids is 1. The zero-order valence-electron chi connectivity index (χ0n) is 22.9. The van der Waals surface area contributed by atoms with Gasteiger partial charge in [-0.05, 0) is 74.5 Å². The Labute approximate surface area is 228 Å². The van der Waals surface area contributed by atoms with Crippen molar-refractivity contribution in [1.82, 2.24) is 14.7 Å². The fourth-order valence-electron chi connectivity index (χ4n) is 6.44. The molecule has 2 fully saturated rings. The van der Waals surface area contributed by atoms with Crippen LogP contribution in [0.4, 0.5) is 17.6 Å². The molecule has 2 aliphatic heterocycles. The second-order valence-electron chi connectivity index (χ2n) is 10.8. The number of benzene rings is 2. The zero-order chi connectivity index (χ0) is 28.3. The van der Waals surface area contributed by atoms with Gasteiger partial charge in [0.1, 0.15) is 17.6 Å². The fourth-order valence-corrected chi connectivity index (χ4v) is 6.44. The van der Waals surface area contributed by atoms with Gasteiger partial charge in [0.25, 0.3) is 0 Å². The van der Waals surface area contributed by atoms with E-state index in [1.165, 1.54) is 18.2 Å². The number of likely N-dealkylation sites (N-methyl/N-ethyl adjacent to an activating group) is 1. The van der Waals surface area contributed by atoms with Crippen LogP contribution in [-0.4, -0.2) is 83.2 Å². The first-order chi connectivity index (χ1) is 18.5. The number of halogens is 4. The van der Waals surface area contributed by atoms with Gasteiger partial charge >= 0.3 is 6.18 Å². The Morgan fingerprint density at radius 1 is 1.13 bits per heavy atom. The average molecular weight is 550 g/mol. The van der Waals surface area contributed by atoms with Crippen molar-refractivity contribution in [3.8, 4) is 5.75 Å². The van der Waals surface area contributed by atoms with E-state index in [1.54, 1.807) is 36.1 Å².